The zero-order valence-corrected chi connectivity index (χ0v) is 13.1. The molecule has 1 N–H and O–H groups in total. The van der Waals surface area contributed by atoms with Crippen molar-refractivity contribution in [2.75, 3.05) is 7.11 Å². The zero-order chi connectivity index (χ0) is 14.2. The van der Waals surface area contributed by atoms with Crippen LogP contribution in [-0.2, 0) is 4.74 Å². The molecule has 0 radical (unpaired) electrons. The molecular formula is C17H27NO. The van der Waals surface area contributed by atoms with E-state index in [0.29, 0.717) is 18.2 Å². The van der Waals surface area contributed by atoms with Gasteiger partial charge in [-0.05, 0) is 38.3 Å². The van der Waals surface area contributed by atoms with Gasteiger partial charge in [0.05, 0.1) is 6.10 Å². The Labute approximate surface area is 117 Å². The number of hydrogen-bond acceptors (Lipinski definition) is 2. The lowest BCUT2D eigenvalue weighted by molar-refractivity contribution is -0.0999. The van der Waals surface area contributed by atoms with Crippen molar-refractivity contribution in [1.29, 1.82) is 0 Å². The molecule has 1 saturated carbocycles. The summed E-state index contributed by atoms with van der Waals surface area (Å²) in [6.07, 6.45) is 1.49. The maximum Gasteiger partial charge on any atom is 0.0652 e. The highest BCUT2D eigenvalue weighted by molar-refractivity contribution is 5.33. The van der Waals surface area contributed by atoms with Crippen LogP contribution in [0.15, 0.2) is 18.2 Å². The van der Waals surface area contributed by atoms with Crippen molar-refractivity contribution >= 4 is 0 Å². The Kier molecular flexibility index (Phi) is 4.03. The summed E-state index contributed by atoms with van der Waals surface area (Å²) in [5.74, 6) is 0. The predicted molar refractivity (Wildman–Crippen MR) is 80.4 cm³/mol. The number of benzene rings is 1. The van der Waals surface area contributed by atoms with Crippen LogP contribution in [0.4, 0.5) is 0 Å². The molecule has 2 nitrogen and oxygen atoms in total. The number of nitrogens with one attached hydrogen (secondary N) is 1. The molecule has 1 aliphatic carbocycles. The average molecular weight is 261 g/mol. The van der Waals surface area contributed by atoms with Gasteiger partial charge in [0.25, 0.3) is 0 Å². The van der Waals surface area contributed by atoms with Crippen molar-refractivity contribution in [3.8, 4) is 0 Å². The molecule has 1 aliphatic rings. The first kappa shape index (κ1) is 14.5. The minimum Gasteiger partial charge on any atom is -0.381 e. The third kappa shape index (κ3) is 2.70. The van der Waals surface area contributed by atoms with Crippen LogP contribution in [0.2, 0.25) is 0 Å². The SMILES string of the molecule is COC1CC(NC(C)c2cc(C)ccc2C)C1(C)C. The van der Waals surface area contributed by atoms with Gasteiger partial charge in [0.2, 0.25) is 0 Å². The van der Waals surface area contributed by atoms with Crippen LogP contribution in [0, 0.1) is 19.3 Å². The van der Waals surface area contributed by atoms with E-state index in [1.807, 2.05) is 7.11 Å². The van der Waals surface area contributed by atoms with E-state index in [1.54, 1.807) is 0 Å². The van der Waals surface area contributed by atoms with Gasteiger partial charge in [-0.3, -0.25) is 0 Å². The second kappa shape index (κ2) is 5.26. The molecule has 0 amide bonds. The van der Waals surface area contributed by atoms with E-state index >= 15 is 0 Å². The van der Waals surface area contributed by atoms with Gasteiger partial charge in [0, 0.05) is 24.6 Å². The van der Waals surface area contributed by atoms with Crippen molar-refractivity contribution in [3.63, 3.8) is 0 Å². The summed E-state index contributed by atoms with van der Waals surface area (Å²) >= 11 is 0. The number of methoxy groups -OCH3 is 1. The van der Waals surface area contributed by atoms with Crippen molar-refractivity contribution in [3.05, 3.63) is 34.9 Å². The number of aryl methyl sites for hydroxylation is 2. The molecule has 1 fully saturated rings. The molecule has 106 valence electrons. The van der Waals surface area contributed by atoms with Gasteiger partial charge in [-0.15, -0.1) is 0 Å². The summed E-state index contributed by atoms with van der Waals surface area (Å²) in [7, 11) is 1.82. The highest BCUT2D eigenvalue weighted by atomic mass is 16.5. The van der Waals surface area contributed by atoms with Crippen LogP contribution in [0.5, 0.6) is 0 Å². The monoisotopic (exact) mass is 261 g/mol. The summed E-state index contributed by atoms with van der Waals surface area (Å²) in [5.41, 5.74) is 4.33. The quantitative estimate of drug-likeness (QED) is 0.891. The molecular weight excluding hydrogens is 234 g/mol. The fourth-order valence-corrected chi connectivity index (χ4v) is 3.19. The lowest BCUT2D eigenvalue weighted by atomic mass is 9.64. The van der Waals surface area contributed by atoms with E-state index < -0.39 is 0 Å². The van der Waals surface area contributed by atoms with E-state index in [0.717, 1.165) is 6.42 Å². The predicted octanol–water partition coefficient (Wildman–Crippen LogP) is 3.77. The minimum absolute atomic E-state index is 0.223. The van der Waals surface area contributed by atoms with Crippen LogP contribution >= 0.6 is 0 Å². The van der Waals surface area contributed by atoms with Gasteiger partial charge in [0.15, 0.2) is 0 Å². The second-order valence-electron chi connectivity index (χ2n) is 6.58. The fourth-order valence-electron chi connectivity index (χ4n) is 3.19. The van der Waals surface area contributed by atoms with Crippen LogP contribution < -0.4 is 5.32 Å². The van der Waals surface area contributed by atoms with E-state index in [2.05, 4.69) is 58.1 Å². The van der Waals surface area contributed by atoms with E-state index in [4.69, 9.17) is 4.74 Å². The molecule has 3 atom stereocenters. The third-order valence-electron chi connectivity index (χ3n) is 4.81. The van der Waals surface area contributed by atoms with Crippen LogP contribution in [0.25, 0.3) is 0 Å². The van der Waals surface area contributed by atoms with Gasteiger partial charge in [0.1, 0.15) is 0 Å². The molecule has 0 aromatic heterocycles. The standard InChI is InChI=1S/C17H27NO/c1-11-7-8-12(2)14(9-11)13(3)18-15-10-16(19-6)17(15,4)5/h7-9,13,15-16,18H,10H2,1-6H3. The summed E-state index contributed by atoms with van der Waals surface area (Å²) in [6.45, 7) is 11.2. The van der Waals surface area contributed by atoms with Crippen molar-refractivity contribution in [2.45, 2.75) is 59.2 Å². The third-order valence-corrected chi connectivity index (χ3v) is 4.81. The fraction of sp³-hybridized carbons (Fsp3) is 0.647. The molecule has 1 aromatic carbocycles. The Bertz CT molecular complexity index is 453. The Morgan fingerprint density at radius 2 is 2.00 bits per heavy atom. The maximum atomic E-state index is 5.52. The van der Waals surface area contributed by atoms with Gasteiger partial charge >= 0.3 is 0 Å². The summed E-state index contributed by atoms with van der Waals surface area (Å²) in [6, 6.07) is 7.62. The molecule has 0 saturated heterocycles. The molecule has 0 aliphatic heterocycles. The van der Waals surface area contributed by atoms with Crippen molar-refractivity contribution < 1.29 is 4.74 Å². The molecule has 2 heteroatoms. The lowest BCUT2D eigenvalue weighted by Gasteiger charge is -2.52. The smallest absolute Gasteiger partial charge is 0.0652 e. The molecule has 2 rings (SSSR count). The first-order chi connectivity index (χ1) is 8.86. The lowest BCUT2D eigenvalue weighted by Crippen LogP contribution is -2.61. The number of rotatable bonds is 4. The maximum absolute atomic E-state index is 5.52. The summed E-state index contributed by atoms with van der Waals surface area (Å²) in [5, 5.41) is 3.78. The van der Waals surface area contributed by atoms with Gasteiger partial charge < -0.3 is 10.1 Å². The van der Waals surface area contributed by atoms with Crippen molar-refractivity contribution in [2.24, 2.45) is 5.41 Å². The number of ether oxygens (including phenoxy) is 1. The highest BCUT2D eigenvalue weighted by Crippen LogP contribution is 2.43. The normalized spacial score (nSPS) is 26.8. The molecule has 0 spiro atoms. The Morgan fingerprint density at radius 3 is 2.58 bits per heavy atom. The first-order valence-electron chi connectivity index (χ1n) is 7.22. The van der Waals surface area contributed by atoms with Crippen LogP contribution in [0.3, 0.4) is 0 Å². The van der Waals surface area contributed by atoms with Gasteiger partial charge in [-0.25, -0.2) is 0 Å². The Hall–Kier alpha value is -0.860. The minimum atomic E-state index is 0.223. The molecule has 0 bridgehead atoms. The van der Waals surface area contributed by atoms with E-state index in [9.17, 15) is 0 Å². The van der Waals surface area contributed by atoms with E-state index in [1.165, 1.54) is 16.7 Å². The summed E-state index contributed by atoms with van der Waals surface area (Å²) < 4.78 is 5.52. The molecule has 1 aromatic rings. The highest BCUT2D eigenvalue weighted by Gasteiger charge is 2.48. The topological polar surface area (TPSA) is 21.3 Å². The van der Waals surface area contributed by atoms with Gasteiger partial charge in [-0.1, -0.05) is 37.6 Å². The van der Waals surface area contributed by atoms with Crippen LogP contribution in [-0.4, -0.2) is 19.3 Å². The first-order valence-corrected chi connectivity index (χ1v) is 7.22. The second-order valence-corrected chi connectivity index (χ2v) is 6.58. The van der Waals surface area contributed by atoms with Gasteiger partial charge in [-0.2, -0.15) is 0 Å². The van der Waals surface area contributed by atoms with Crippen molar-refractivity contribution in [1.82, 2.24) is 5.32 Å². The van der Waals surface area contributed by atoms with E-state index in [-0.39, 0.29) is 5.41 Å². The van der Waals surface area contributed by atoms with Crippen LogP contribution in [0.1, 0.15) is 49.9 Å². The largest absolute Gasteiger partial charge is 0.381 e. The average Bonchev–Trinajstić information content (AvgIpc) is 2.36. The summed E-state index contributed by atoms with van der Waals surface area (Å²) in [4.78, 5) is 0. The molecule has 19 heavy (non-hydrogen) atoms. The Morgan fingerprint density at radius 1 is 1.32 bits per heavy atom. The molecule has 0 heterocycles. The number of hydrogen-bond donors (Lipinski definition) is 1. The zero-order valence-electron chi connectivity index (χ0n) is 13.1. The Balaban J connectivity index is 2.06. The molecule has 3 unspecified atom stereocenters.